The Kier molecular flexibility index (Phi) is 4.21. The van der Waals surface area contributed by atoms with E-state index in [1.54, 1.807) is 0 Å². The minimum absolute atomic E-state index is 0.961. The first-order valence-electron chi connectivity index (χ1n) is 9.84. The van der Waals surface area contributed by atoms with Crippen molar-refractivity contribution in [2.24, 2.45) is 7.05 Å². The first-order valence-corrected chi connectivity index (χ1v) is 9.84. The molecule has 28 heavy (non-hydrogen) atoms. The van der Waals surface area contributed by atoms with Gasteiger partial charge in [-0.3, -0.25) is 9.88 Å². The molecule has 0 N–H and O–H groups in total. The zero-order valence-corrected chi connectivity index (χ0v) is 16.4. The summed E-state index contributed by atoms with van der Waals surface area (Å²) in [5, 5.41) is 0. The molecule has 140 valence electrons. The normalized spacial score (nSPS) is 13.9. The van der Waals surface area contributed by atoms with E-state index in [4.69, 9.17) is 4.98 Å². The number of fused-ring (bicyclic) bond motifs is 2. The van der Waals surface area contributed by atoms with Gasteiger partial charge in [0.2, 0.25) is 0 Å². The molecule has 5 rings (SSSR count). The van der Waals surface area contributed by atoms with Crippen molar-refractivity contribution >= 4 is 11.0 Å². The lowest BCUT2D eigenvalue weighted by atomic mass is 9.98. The van der Waals surface area contributed by atoms with Gasteiger partial charge in [0, 0.05) is 45.5 Å². The summed E-state index contributed by atoms with van der Waals surface area (Å²) in [4.78, 5) is 11.6. The number of hydrogen-bond acceptors (Lipinski definition) is 3. The lowest BCUT2D eigenvalue weighted by molar-refractivity contribution is 0.285. The SMILES string of the molecule is Cc1ccc2c(c1)nc(CCN1Cc3cccc(-c4ccncc4)c3C1)n2C. The second-order valence-electron chi connectivity index (χ2n) is 7.72. The second kappa shape index (κ2) is 6.88. The van der Waals surface area contributed by atoms with Gasteiger partial charge in [0.05, 0.1) is 11.0 Å². The number of aromatic nitrogens is 3. The van der Waals surface area contributed by atoms with E-state index in [-0.39, 0.29) is 0 Å². The minimum Gasteiger partial charge on any atom is -0.331 e. The number of aryl methyl sites for hydroxylation is 2. The van der Waals surface area contributed by atoms with Crippen LogP contribution in [0.5, 0.6) is 0 Å². The molecule has 4 heteroatoms. The molecule has 1 aliphatic heterocycles. The highest BCUT2D eigenvalue weighted by Crippen LogP contribution is 2.32. The lowest BCUT2D eigenvalue weighted by Crippen LogP contribution is -2.20. The van der Waals surface area contributed by atoms with Crippen LogP contribution in [-0.2, 0) is 26.6 Å². The third-order valence-corrected chi connectivity index (χ3v) is 5.82. The van der Waals surface area contributed by atoms with Crippen LogP contribution in [0.1, 0.15) is 22.5 Å². The topological polar surface area (TPSA) is 34.0 Å². The summed E-state index contributed by atoms with van der Waals surface area (Å²) >= 11 is 0. The Morgan fingerprint density at radius 1 is 1.00 bits per heavy atom. The van der Waals surface area contributed by atoms with Crippen LogP contribution in [0.4, 0.5) is 0 Å². The van der Waals surface area contributed by atoms with Crippen LogP contribution in [0, 0.1) is 6.92 Å². The lowest BCUT2D eigenvalue weighted by Gasteiger charge is -2.14. The summed E-state index contributed by atoms with van der Waals surface area (Å²) in [5.74, 6) is 1.16. The van der Waals surface area contributed by atoms with E-state index < -0.39 is 0 Å². The summed E-state index contributed by atoms with van der Waals surface area (Å²) < 4.78 is 2.24. The Morgan fingerprint density at radius 3 is 2.71 bits per heavy atom. The molecule has 3 heterocycles. The predicted octanol–water partition coefficient (Wildman–Crippen LogP) is 4.50. The maximum atomic E-state index is 4.88. The molecule has 0 unspecified atom stereocenters. The van der Waals surface area contributed by atoms with Crippen LogP contribution >= 0.6 is 0 Å². The maximum Gasteiger partial charge on any atom is 0.110 e. The van der Waals surface area contributed by atoms with Gasteiger partial charge in [0.25, 0.3) is 0 Å². The summed E-state index contributed by atoms with van der Waals surface area (Å²) in [6.07, 6.45) is 4.70. The quantitative estimate of drug-likeness (QED) is 0.532. The highest BCUT2D eigenvalue weighted by molar-refractivity contribution is 5.76. The zero-order chi connectivity index (χ0) is 19.1. The van der Waals surface area contributed by atoms with Crippen molar-refractivity contribution in [2.45, 2.75) is 26.4 Å². The summed E-state index contributed by atoms with van der Waals surface area (Å²) in [6.45, 7) is 5.14. The van der Waals surface area contributed by atoms with Gasteiger partial charge in [0.15, 0.2) is 0 Å². The van der Waals surface area contributed by atoms with E-state index in [0.717, 1.165) is 37.4 Å². The average molecular weight is 368 g/mol. The fourth-order valence-corrected chi connectivity index (χ4v) is 4.29. The Morgan fingerprint density at radius 2 is 1.86 bits per heavy atom. The minimum atomic E-state index is 0.961. The largest absolute Gasteiger partial charge is 0.331 e. The van der Waals surface area contributed by atoms with Crippen molar-refractivity contribution in [1.29, 1.82) is 0 Å². The molecule has 0 radical (unpaired) electrons. The van der Waals surface area contributed by atoms with Gasteiger partial charge in [0.1, 0.15) is 5.82 Å². The molecule has 0 atom stereocenters. The first kappa shape index (κ1) is 17.1. The zero-order valence-electron chi connectivity index (χ0n) is 16.4. The van der Waals surface area contributed by atoms with Crippen LogP contribution in [-0.4, -0.2) is 26.0 Å². The van der Waals surface area contributed by atoms with E-state index in [2.05, 4.69) is 77.0 Å². The molecule has 4 aromatic rings. The van der Waals surface area contributed by atoms with Crippen molar-refractivity contribution in [3.63, 3.8) is 0 Å². The number of nitrogens with zero attached hydrogens (tertiary/aromatic N) is 4. The number of pyridine rings is 1. The molecule has 1 aliphatic rings. The molecular formula is C24H24N4. The smallest absolute Gasteiger partial charge is 0.110 e. The summed E-state index contributed by atoms with van der Waals surface area (Å²) in [7, 11) is 2.13. The molecule has 4 nitrogen and oxygen atoms in total. The van der Waals surface area contributed by atoms with E-state index >= 15 is 0 Å². The molecule has 2 aromatic carbocycles. The molecule has 0 fully saturated rings. The number of rotatable bonds is 4. The molecule has 2 aromatic heterocycles. The Hall–Kier alpha value is -2.98. The summed E-state index contributed by atoms with van der Waals surface area (Å²) in [5.41, 5.74) is 9.05. The number of benzene rings is 2. The van der Waals surface area contributed by atoms with E-state index in [0.29, 0.717) is 0 Å². The fourth-order valence-electron chi connectivity index (χ4n) is 4.29. The summed E-state index contributed by atoms with van der Waals surface area (Å²) in [6, 6.07) is 17.4. The molecule has 0 aliphatic carbocycles. The van der Waals surface area contributed by atoms with Crippen LogP contribution < -0.4 is 0 Å². The van der Waals surface area contributed by atoms with Crippen molar-refractivity contribution in [3.05, 3.63) is 83.4 Å². The van der Waals surface area contributed by atoms with Gasteiger partial charge in [-0.05, 0) is 59.0 Å². The molecule has 0 bridgehead atoms. The second-order valence-corrected chi connectivity index (χ2v) is 7.72. The average Bonchev–Trinajstić information content (AvgIpc) is 3.27. The van der Waals surface area contributed by atoms with Gasteiger partial charge < -0.3 is 4.57 Å². The van der Waals surface area contributed by atoms with Crippen LogP contribution in [0.25, 0.3) is 22.2 Å². The standard InChI is InChI=1S/C24H24N4/c1-17-6-7-23-22(14-17)26-24(27(23)2)10-13-28-15-19-4-3-5-20(21(19)16-28)18-8-11-25-12-9-18/h3-9,11-12,14H,10,13,15-16H2,1-2H3. The van der Waals surface area contributed by atoms with Gasteiger partial charge in [-0.1, -0.05) is 24.3 Å². The molecule has 0 amide bonds. The van der Waals surface area contributed by atoms with E-state index in [1.165, 1.54) is 33.3 Å². The van der Waals surface area contributed by atoms with Crippen molar-refractivity contribution in [2.75, 3.05) is 6.54 Å². The predicted molar refractivity (Wildman–Crippen MR) is 113 cm³/mol. The fraction of sp³-hybridized carbons (Fsp3) is 0.250. The van der Waals surface area contributed by atoms with E-state index in [9.17, 15) is 0 Å². The van der Waals surface area contributed by atoms with E-state index in [1.807, 2.05) is 12.4 Å². The Balaban J connectivity index is 1.35. The first-order chi connectivity index (χ1) is 13.7. The van der Waals surface area contributed by atoms with Gasteiger partial charge in [-0.15, -0.1) is 0 Å². The van der Waals surface area contributed by atoms with Crippen LogP contribution in [0.3, 0.4) is 0 Å². The van der Waals surface area contributed by atoms with Gasteiger partial charge in [-0.25, -0.2) is 4.98 Å². The Bertz CT molecular complexity index is 1140. The molecule has 0 saturated heterocycles. The monoisotopic (exact) mass is 368 g/mol. The van der Waals surface area contributed by atoms with Gasteiger partial charge in [-0.2, -0.15) is 0 Å². The third-order valence-electron chi connectivity index (χ3n) is 5.82. The maximum absolute atomic E-state index is 4.88. The highest BCUT2D eigenvalue weighted by Gasteiger charge is 2.22. The van der Waals surface area contributed by atoms with Crippen molar-refractivity contribution in [3.8, 4) is 11.1 Å². The third kappa shape index (κ3) is 3.00. The van der Waals surface area contributed by atoms with Gasteiger partial charge >= 0.3 is 0 Å². The molecular weight excluding hydrogens is 344 g/mol. The number of imidazole rings is 1. The molecule has 0 spiro atoms. The molecule has 0 saturated carbocycles. The van der Waals surface area contributed by atoms with Crippen LogP contribution in [0.2, 0.25) is 0 Å². The van der Waals surface area contributed by atoms with Crippen molar-refractivity contribution in [1.82, 2.24) is 19.4 Å². The number of hydrogen-bond donors (Lipinski definition) is 0. The van der Waals surface area contributed by atoms with Crippen molar-refractivity contribution < 1.29 is 0 Å². The Labute approximate surface area is 165 Å². The van der Waals surface area contributed by atoms with Crippen LogP contribution in [0.15, 0.2) is 60.9 Å². The highest BCUT2D eigenvalue weighted by atomic mass is 15.1.